The van der Waals surface area contributed by atoms with E-state index in [-0.39, 0.29) is 23.9 Å². The van der Waals surface area contributed by atoms with Gasteiger partial charge in [-0.1, -0.05) is 24.3 Å². The fourth-order valence-electron chi connectivity index (χ4n) is 2.32. The smallest absolute Gasteiger partial charge is 0.269 e. The van der Waals surface area contributed by atoms with E-state index in [0.717, 1.165) is 11.3 Å². The first-order valence-electron chi connectivity index (χ1n) is 7.14. The average Bonchev–Trinajstić information content (AvgIpc) is 2.54. The number of non-ortho nitro benzene ring substituents is 1. The van der Waals surface area contributed by atoms with E-state index < -0.39 is 4.92 Å². The molecule has 6 heteroatoms. The molecule has 0 fully saturated rings. The van der Waals surface area contributed by atoms with Gasteiger partial charge in [-0.3, -0.25) is 14.9 Å². The number of benzene rings is 2. The topological polar surface area (TPSA) is 81.5 Å². The van der Waals surface area contributed by atoms with Gasteiger partial charge in [-0.25, -0.2) is 0 Å². The van der Waals surface area contributed by atoms with Crippen molar-refractivity contribution in [3.63, 3.8) is 0 Å². The van der Waals surface area contributed by atoms with E-state index in [1.54, 1.807) is 19.2 Å². The van der Waals surface area contributed by atoms with Gasteiger partial charge in [0.25, 0.3) is 5.69 Å². The van der Waals surface area contributed by atoms with Crippen LogP contribution in [0.4, 0.5) is 11.4 Å². The summed E-state index contributed by atoms with van der Waals surface area (Å²) in [5.41, 5.74) is 1.59. The Morgan fingerprint density at radius 2 is 1.87 bits per heavy atom. The molecule has 0 heterocycles. The second kappa shape index (κ2) is 7.40. The third kappa shape index (κ3) is 4.29. The maximum Gasteiger partial charge on any atom is 0.269 e. The minimum Gasteiger partial charge on any atom is -0.495 e. The quantitative estimate of drug-likeness (QED) is 0.622. The highest BCUT2D eigenvalue weighted by molar-refractivity contribution is 5.77. The van der Waals surface area contributed by atoms with Crippen LogP contribution in [0, 0.1) is 10.1 Å². The van der Waals surface area contributed by atoms with E-state index in [1.165, 1.54) is 19.1 Å². The molecule has 0 aliphatic carbocycles. The van der Waals surface area contributed by atoms with Crippen molar-refractivity contribution in [2.45, 2.75) is 19.4 Å². The first-order chi connectivity index (χ1) is 11.0. The summed E-state index contributed by atoms with van der Waals surface area (Å²) in [6.07, 6.45) is 0.274. The number of rotatable bonds is 7. The van der Waals surface area contributed by atoms with E-state index in [0.29, 0.717) is 5.75 Å². The number of Topliss-reactive ketones (excluding diaryl/α,β-unsaturated/α-hetero) is 1. The lowest BCUT2D eigenvalue weighted by Crippen LogP contribution is -2.14. The number of carbonyl (C=O) groups is 1. The van der Waals surface area contributed by atoms with Gasteiger partial charge >= 0.3 is 0 Å². The number of para-hydroxylation sites is 2. The maximum absolute atomic E-state index is 11.6. The molecule has 6 nitrogen and oxygen atoms in total. The van der Waals surface area contributed by atoms with Crippen LogP contribution in [0.5, 0.6) is 5.75 Å². The molecule has 1 N–H and O–H groups in total. The van der Waals surface area contributed by atoms with Gasteiger partial charge in [-0.2, -0.15) is 0 Å². The Hall–Kier alpha value is -2.89. The third-order valence-corrected chi connectivity index (χ3v) is 3.43. The molecule has 120 valence electrons. The maximum atomic E-state index is 11.6. The standard InChI is InChI=1S/C17H18N2O4/c1-12(20)11-16(13-7-9-14(10-8-13)19(21)22)18-15-5-3-4-6-17(15)23-2/h3-10,16,18H,11H2,1-2H3. The van der Waals surface area contributed by atoms with Gasteiger partial charge in [0.05, 0.1) is 23.8 Å². The molecule has 0 bridgehead atoms. The van der Waals surface area contributed by atoms with Crippen LogP contribution in [-0.4, -0.2) is 17.8 Å². The van der Waals surface area contributed by atoms with Gasteiger partial charge in [0.15, 0.2) is 0 Å². The van der Waals surface area contributed by atoms with Crippen molar-refractivity contribution in [1.82, 2.24) is 0 Å². The fraction of sp³-hybridized carbons (Fsp3) is 0.235. The Labute approximate surface area is 134 Å². The number of anilines is 1. The summed E-state index contributed by atoms with van der Waals surface area (Å²) in [5.74, 6) is 0.693. The fourth-order valence-corrected chi connectivity index (χ4v) is 2.32. The predicted octanol–water partition coefficient (Wildman–Crippen LogP) is 3.74. The number of ether oxygens (including phenoxy) is 1. The van der Waals surface area contributed by atoms with Crippen LogP contribution >= 0.6 is 0 Å². The molecule has 2 aromatic rings. The average molecular weight is 314 g/mol. The number of nitro benzene ring substituents is 1. The number of nitrogens with zero attached hydrogens (tertiary/aromatic N) is 1. The van der Waals surface area contributed by atoms with Gasteiger partial charge in [0.1, 0.15) is 11.5 Å². The van der Waals surface area contributed by atoms with Crippen LogP contribution in [0.25, 0.3) is 0 Å². The Kier molecular flexibility index (Phi) is 5.30. The molecule has 0 amide bonds. The Bertz CT molecular complexity index is 698. The zero-order valence-electron chi connectivity index (χ0n) is 13.0. The van der Waals surface area contributed by atoms with E-state index >= 15 is 0 Å². The van der Waals surface area contributed by atoms with E-state index in [1.807, 2.05) is 24.3 Å². The van der Waals surface area contributed by atoms with E-state index in [9.17, 15) is 14.9 Å². The molecule has 1 unspecified atom stereocenters. The van der Waals surface area contributed by atoms with Crippen LogP contribution in [0.2, 0.25) is 0 Å². The van der Waals surface area contributed by atoms with Crippen molar-refractivity contribution < 1.29 is 14.5 Å². The van der Waals surface area contributed by atoms with Crippen molar-refractivity contribution in [2.75, 3.05) is 12.4 Å². The number of ketones is 1. The Balaban J connectivity index is 2.29. The zero-order chi connectivity index (χ0) is 16.8. The van der Waals surface area contributed by atoms with Gasteiger partial charge in [0, 0.05) is 18.6 Å². The van der Waals surface area contributed by atoms with Crippen LogP contribution in [0.3, 0.4) is 0 Å². The summed E-state index contributed by atoms with van der Waals surface area (Å²) >= 11 is 0. The highest BCUT2D eigenvalue weighted by Gasteiger charge is 2.17. The molecule has 0 saturated heterocycles. The summed E-state index contributed by atoms with van der Waals surface area (Å²) in [4.78, 5) is 21.9. The number of hydrogen-bond acceptors (Lipinski definition) is 5. The lowest BCUT2D eigenvalue weighted by atomic mass is 10.0. The SMILES string of the molecule is COc1ccccc1NC(CC(C)=O)c1ccc([N+](=O)[O-])cc1. The summed E-state index contributed by atoms with van der Waals surface area (Å²) in [6, 6.07) is 13.3. The van der Waals surface area contributed by atoms with Crippen molar-refractivity contribution in [3.8, 4) is 5.75 Å². The lowest BCUT2D eigenvalue weighted by Gasteiger charge is -2.20. The molecular weight excluding hydrogens is 296 g/mol. The molecule has 2 rings (SSSR count). The van der Waals surface area contributed by atoms with Gasteiger partial charge in [0.2, 0.25) is 0 Å². The van der Waals surface area contributed by atoms with E-state index in [2.05, 4.69) is 5.32 Å². The molecule has 0 radical (unpaired) electrons. The summed E-state index contributed by atoms with van der Waals surface area (Å²) in [5, 5.41) is 14.0. The second-order valence-electron chi connectivity index (χ2n) is 5.15. The van der Waals surface area contributed by atoms with Crippen LogP contribution in [0.1, 0.15) is 24.9 Å². The second-order valence-corrected chi connectivity index (χ2v) is 5.15. The van der Waals surface area contributed by atoms with Crippen LogP contribution in [0.15, 0.2) is 48.5 Å². The minimum absolute atomic E-state index is 0.0209. The van der Waals surface area contributed by atoms with Crippen molar-refractivity contribution in [2.24, 2.45) is 0 Å². The number of nitro groups is 1. The van der Waals surface area contributed by atoms with Crippen LogP contribution < -0.4 is 10.1 Å². The number of hydrogen-bond donors (Lipinski definition) is 1. The molecule has 0 spiro atoms. The van der Waals surface area contributed by atoms with Crippen molar-refractivity contribution >= 4 is 17.2 Å². The molecule has 1 atom stereocenters. The molecule has 0 aliphatic heterocycles. The monoisotopic (exact) mass is 314 g/mol. The normalized spacial score (nSPS) is 11.6. The third-order valence-electron chi connectivity index (χ3n) is 3.43. The molecule has 0 aliphatic rings. The highest BCUT2D eigenvalue weighted by atomic mass is 16.6. The van der Waals surface area contributed by atoms with Crippen molar-refractivity contribution in [3.05, 3.63) is 64.2 Å². The lowest BCUT2D eigenvalue weighted by molar-refractivity contribution is -0.384. The summed E-state index contributed by atoms with van der Waals surface area (Å²) in [7, 11) is 1.58. The zero-order valence-corrected chi connectivity index (χ0v) is 13.0. The van der Waals surface area contributed by atoms with Gasteiger partial charge < -0.3 is 10.1 Å². The summed E-state index contributed by atoms with van der Waals surface area (Å²) in [6.45, 7) is 1.52. The Morgan fingerprint density at radius 3 is 2.43 bits per heavy atom. The Morgan fingerprint density at radius 1 is 1.22 bits per heavy atom. The van der Waals surface area contributed by atoms with Gasteiger partial charge in [-0.05, 0) is 24.6 Å². The predicted molar refractivity (Wildman–Crippen MR) is 87.8 cm³/mol. The molecular formula is C17H18N2O4. The van der Waals surface area contributed by atoms with Crippen molar-refractivity contribution in [1.29, 1.82) is 0 Å². The largest absolute Gasteiger partial charge is 0.495 e. The number of carbonyl (C=O) groups excluding carboxylic acids is 1. The van der Waals surface area contributed by atoms with E-state index in [4.69, 9.17) is 4.74 Å². The first-order valence-corrected chi connectivity index (χ1v) is 7.14. The number of nitrogens with one attached hydrogen (secondary N) is 1. The van der Waals surface area contributed by atoms with Gasteiger partial charge in [-0.15, -0.1) is 0 Å². The summed E-state index contributed by atoms with van der Waals surface area (Å²) < 4.78 is 5.30. The minimum atomic E-state index is -0.447. The number of methoxy groups -OCH3 is 1. The highest BCUT2D eigenvalue weighted by Crippen LogP contribution is 2.30. The first kappa shape index (κ1) is 16.5. The molecule has 2 aromatic carbocycles. The molecule has 0 saturated carbocycles. The molecule has 23 heavy (non-hydrogen) atoms. The molecule has 0 aromatic heterocycles. The van der Waals surface area contributed by atoms with Crippen LogP contribution in [-0.2, 0) is 4.79 Å².